The Kier molecular flexibility index (Phi) is 5.51. The highest BCUT2D eigenvalue weighted by atomic mass is 16.2. The number of fused-ring (bicyclic) bond motifs is 2. The molecule has 0 fully saturated rings. The summed E-state index contributed by atoms with van der Waals surface area (Å²) in [5.41, 5.74) is 4.06. The summed E-state index contributed by atoms with van der Waals surface area (Å²) in [6.07, 6.45) is 3.29. The van der Waals surface area contributed by atoms with Gasteiger partial charge in [-0.05, 0) is 37.1 Å². The number of para-hydroxylation sites is 4. The molecule has 4 aromatic rings. The van der Waals surface area contributed by atoms with Gasteiger partial charge in [-0.3, -0.25) is 0 Å². The Bertz CT molecular complexity index is 917. The van der Waals surface area contributed by atoms with E-state index >= 15 is 0 Å². The molecule has 2 heterocycles. The summed E-state index contributed by atoms with van der Waals surface area (Å²) in [6, 6.07) is 15.8. The molecule has 0 atom stereocenters. The normalized spacial score (nSPS) is 11.1. The van der Waals surface area contributed by atoms with E-state index in [2.05, 4.69) is 30.6 Å². The molecule has 0 saturated heterocycles. The maximum atomic E-state index is 11.9. The van der Waals surface area contributed by atoms with Crippen molar-refractivity contribution in [3.05, 3.63) is 60.2 Å². The predicted octanol–water partition coefficient (Wildman–Crippen LogP) is 3.30. The van der Waals surface area contributed by atoms with Crippen LogP contribution in [0.15, 0.2) is 48.5 Å². The molecule has 0 bridgehead atoms. The van der Waals surface area contributed by atoms with Crippen LogP contribution in [0.4, 0.5) is 4.79 Å². The first kappa shape index (κ1) is 18.0. The van der Waals surface area contributed by atoms with Crippen LogP contribution in [-0.2, 0) is 12.8 Å². The third-order valence-corrected chi connectivity index (χ3v) is 4.63. The third-order valence-electron chi connectivity index (χ3n) is 4.63. The lowest BCUT2D eigenvalue weighted by molar-refractivity contribution is 0.240. The molecule has 0 radical (unpaired) electrons. The number of benzene rings is 2. The molecule has 0 aliphatic rings. The van der Waals surface area contributed by atoms with Crippen LogP contribution < -0.4 is 10.6 Å². The number of carbonyl (C=O) groups is 1. The molecule has 0 aliphatic carbocycles. The Labute approximate surface area is 163 Å². The van der Waals surface area contributed by atoms with Gasteiger partial charge in [-0.15, -0.1) is 0 Å². The molecule has 0 spiro atoms. The maximum absolute atomic E-state index is 11.9. The molecule has 4 N–H and O–H groups in total. The summed E-state index contributed by atoms with van der Waals surface area (Å²) in [4.78, 5) is 27.6. The number of hydrogen-bond acceptors (Lipinski definition) is 3. The standard InChI is InChI=1S/C21H24N6O/c28-21(22-13-5-11-19-24-15-7-1-2-8-16(15)25-19)23-14-6-12-20-26-17-9-3-4-10-18(17)27-20/h1-4,7-10H,5-6,11-14H2,(H,24,25)(H,26,27)(H2,22,23,28). The fraction of sp³-hybridized carbons (Fsp3) is 0.286. The van der Waals surface area contributed by atoms with E-state index in [0.29, 0.717) is 13.1 Å². The van der Waals surface area contributed by atoms with Crippen molar-refractivity contribution in [2.24, 2.45) is 0 Å². The van der Waals surface area contributed by atoms with Crippen LogP contribution in [0.2, 0.25) is 0 Å². The number of amides is 2. The van der Waals surface area contributed by atoms with Crippen molar-refractivity contribution in [3.8, 4) is 0 Å². The zero-order chi connectivity index (χ0) is 19.2. The molecule has 2 amide bonds. The zero-order valence-corrected chi connectivity index (χ0v) is 15.7. The van der Waals surface area contributed by atoms with Crippen molar-refractivity contribution in [2.75, 3.05) is 13.1 Å². The van der Waals surface area contributed by atoms with E-state index in [9.17, 15) is 4.79 Å². The third kappa shape index (κ3) is 4.49. The maximum Gasteiger partial charge on any atom is 0.314 e. The van der Waals surface area contributed by atoms with Crippen LogP contribution >= 0.6 is 0 Å². The average molecular weight is 376 g/mol. The number of aromatic amines is 2. The van der Waals surface area contributed by atoms with Gasteiger partial charge in [-0.2, -0.15) is 0 Å². The quantitative estimate of drug-likeness (QED) is 0.355. The minimum absolute atomic E-state index is 0.130. The lowest BCUT2D eigenvalue weighted by Crippen LogP contribution is -2.36. The number of urea groups is 1. The number of H-pyrrole nitrogens is 2. The van der Waals surface area contributed by atoms with Crippen molar-refractivity contribution in [1.29, 1.82) is 0 Å². The largest absolute Gasteiger partial charge is 0.342 e. The first-order chi connectivity index (χ1) is 13.8. The van der Waals surface area contributed by atoms with Crippen LogP contribution in [0.1, 0.15) is 24.5 Å². The second kappa shape index (κ2) is 8.56. The van der Waals surface area contributed by atoms with Crippen LogP contribution in [0, 0.1) is 0 Å². The summed E-state index contributed by atoms with van der Waals surface area (Å²) in [6.45, 7) is 1.24. The number of aromatic nitrogens is 4. The van der Waals surface area contributed by atoms with Crippen molar-refractivity contribution in [1.82, 2.24) is 30.6 Å². The van der Waals surface area contributed by atoms with Gasteiger partial charge in [0.15, 0.2) is 0 Å². The number of nitrogens with zero attached hydrogens (tertiary/aromatic N) is 2. The Morgan fingerprint density at radius 1 is 0.750 bits per heavy atom. The summed E-state index contributed by atoms with van der Waals surface area (Å²) in [5.74, 6) is 1.91. The van der Waals surface area contributed by atoms with E-state index in [1.54, 1.807) is 0 Å². The van der Waals surface area contributed by atoms with E-state index < -0.39 is 0 Å². The molecule has 7 heteroatoms. The van der Waals surface area contributed by atoms with Gasteiger partial charge in [-0.1, -0.05) is 24.3 Å². The highest BCUT2D eigenvalue weighted by Crippen LogP contribution is 2.12. The Hall–Kier alpha value is -3.35. The molecule has 0 aliphatic heterocycles. The van der Waals surface area contributed by atoms with Crippen molar-refractivity contribution < 1.29 is 4.79 Å². The fourth-order valence-electron chi connectivity index (χ4n) is 3.23. The second-order valence-corrected chi connectivity index (χ2v) is 6.79. The van der Waals surface area contributed by atoms with E-state index in [1.807, 2.05) is 48.5 Å². The molecular weight excluding hydrogens is 352 g/mol. The van der Waals surface area contributed by atoms with Crippen molar-refractivity contribution in [3.63, 3.8) is 0 Å². The van der Waals surface area contributed by atoms with E-state index in [4.69, 9.17) is 0 Å². The van der Waals surface area contributed by atoms with Gasteiger partial charge in [0.05, 0.1) is 22.1 Å². The summed E-state index contributed by atoms with van der Waals surface area (Å²) >= 11 is 0. The van der Waals surface area contributed by atoms with Gasteiger partial charge in [0, 0.05) is 25.9 Å². The minimum atomic E-state index is -0.130. The number of imidazole rings is 2. The molecule has 4 rings (SSSR count). The highest BCUT2D eigenvalue weighted by molar-refractivity contribution is 5.75. The minimum Gasteiger partial charge on any atom is -0.342 e. The summed E-state index contributed by atoms with van der Waals surface area (Å²) in [7, 11) is 0. The first-order valence-corrected chi connectivity index (χ1v) is 9.67. The smallest absolute Gasteiger partial charge is 0.314 e. The number of rotatable bonds is 8. The summed E-state index contributed by atoms with van der Waals surface area (Å²) in [5, 5.41) is 5.78. The molecule has 144 valence electrons. The van der Waals surface area contributed by atoms with Gasteiger partial charge in [-0.25, -0.2) is 14.8 Å². The van der Waals surface area contributed by atoms with E-state index in [1.165, 1.54) is 0 Å². The van der Waals surface area contributed by atoms with Gasteiger partial charge in [0.1, 0.15) is 11.6 Å². The Morgan fingerprint density at radius 3 is 1.68 bits per heavy atom. The molecule has 2 aromatic carbocycles. The molecule has 7 nitrogen and oxygen atoms in total. The SMILES string of the molecule is O=C(NCCCc1nc2ccccc2[nH]1)NCCCc1nc2ccccc2[nH]1. The van der Waals surface area contributed by atoms with Crippen LogP contribution in [-0.4, -0.2) is 39.1 Å². The zero-order valence-electron chi connectivity index (χ0n) is 15.7. The number of aryl methyl sites for hydroxylation is 2. The van der Waals surface area contributed by atoms with Gasteiger partial charge in [0.2, 0.25) is 0 Å². The lowest BCUT2D eigenvalue weighted by atomic mass is 10.3. The second-order valence-electron chi connectivity index (χ2n) is 6.79. The van der Waals surface area contributed by atoms with Crippen LogP contribution in [0.3, 0.4) is 0 Å². The predicted molar refractivity (Wildman–Crippen MR) is 110 cm³/mol. The molecule has 0 unspecified atom stereocenters. The summed E-state index contributed by atoms with van der Waals surface area (Å²) < 4.78 is 0. The van der Waals surface area contributed by atoms with Gasteiger partial charge < -0.3 is 20.6 Å². The average Bonchev–Trinajstić information content (AvgIpc) is 3.31. The van der Waals surface area contributed by atoms with Crippen molar-refractivity contribution in [2.45, 2.75) is 25.7 Å². The molecule has 28 heavy (non-hydrogen) atoms. The molecular formula is C21H24N6O. The fourth-order valence-corrected chi connectivity index (χ4v) is 3.23. The Morgan fingerprint density at radius 2 is 1.21 bits per heavy atom. The highest BCUT2D eigenvalue weighted by Gasteiger charge is 2.04. The first-order valence-electron chi connectivity index (χ1n) is 9.67. The topological polar surface area (TPSA) is 98.5 Å². The molecule has 2 aromatic heterocycles. The van der Waals surface area contributed by atoms with Crippen molar-refractivity contribution >= 4 is 28.1 Å². The number of hydrogen-bond donors (Lipinski definition) is 4. The number of nitrogens with one attached hydrogen (secondary N) is 4. The van der Waals surface area contributed by atoms with E-state index in [0.717, 1.165) is 59.4 Å². The van der Waals surface area contributed by atoms with Gasteiger partial charge in [0.25, 0.3) is 0 Å². The van der Waals surface area contributed by atoms with Crippen LogP contribution in [0.25, 0.3) is 22.1 Å². The van der Waals surface area contributed by atoms with Gasteiger partial charge >= 0.3 is 6.03 Å². The monoisotopic (exact) mass is 376 g/mol. The number of carbonyl (C=O) groups excluding carboxylic acids is 1. The van der Waals surface area contributed by atoms with Crippen LogP contribution in [0.5, 0.6) is 0 Å². The van der Waals surface area contributed by atoms with E-state index in [-0.39, 0.29) is 6.03 Å². The Balaban J connectivity index is 1.11. The lowest BCUT2D eigenvalue weighted by Gasteiger charge is -2.06. The molecule has 0 saturated carbocycles.